The van der Waals surface area contributed by atoms with Gasteiger partial charge < -0.3 is 0 Å². The van der Waals surface area contributed by atoms with Crippen LogP contribution in [-0.2, 0) is 0 Å². The van der Waals surface area contributed by atoms with E-state index in [1.165, 1.54) is 33.2 Å². The monoisotopic (exact) mass is 302 g/mol. The highest BCUT2D eigenvalue weighted by atomic mass is 33.1. The van der Waals surface area contributed by atoms with Crippen molar-refractivity contribution >= 4 is 68.6 Å². The van der Waals surface area contributed by atoms with Crippen LogP contribution in [0.5, 0.6) is 0 Å². The van der Waals surface area contributed by atoms with E-state index in [2.05, 4.69) is 68.6 Å². The van der Waals surface area contributed by atoms with Crippen molar-refractivity contribution in [3.05, 3.63) is 0 Å². The van der Waals surface area contributed by atoms with Crippen LogP contribution in [0.15, 0.2) is 0 Å². The van der Waals surface area contributed by atoms with Crippen molar-refractivity contribution in [2.24, 2.45) is 0 Å². The number of thioether (sulfide) groups is 4. The van der Waals surface area contributed by atoms with E-state index < -0.39 is 0 Å². The van der Waals surface area contributed by atoms with Crippen LogP contribution in [0.25, 0.3) is 0 Å². The van der Waals surface area contributed by atoms with Gasteiger partial charge in [-0.25, -0.2) is 0 Å². The first-order valence-electron chi connectivity index (χ1n) is 4.58. The second-order valence-corrected chi connectivity index (χ2v) is 11.0. The first-order valence-corrected chi connectivity index (χ1v) is 11.5. The first-order chi connectivity index (χ1) is 6.95. The van der Waals surface area contributed by atoms with E-state index in [0.717, 1.165) is 10.5 Å². The third-order valence-corrected chi connectivity index (χ3v) is 11.3. The molecule has 0 nitrogen and oxygen atoms in total. The highest BCUT2D eigenvalue weighted by molar-refractivity contribution is 8.79. The lowest BCUT2D eigenvalue weighted by atomic mass is 10.5. The van der Waals surface area contributed by atoms with Crippen LogP contribution in [0, 0.1) is 0 Å². The minimum atomic E-state index is 0.976. The Balaban J connectivity index is 1.32. The molecule has 0 bridgehead atoms. The maximum atomic E-state index is 2.15. The van der Waals surface area contributed by atoms with Crippen molar-refractivity contribution in [2.75, 3.05) is 33.2 Å². The van der Waals surface area contributed by atoms with Gasteiger partial charge in [0.25, 0.3) is 0 Å². The lowest BCUT2D eigenvalue weighted by Crippen LogP contribution is -2.20. The molecule has 0 unspecified atom stereocenters. The molecule has 0 saturated carbocycles. The Bertz CT molecular complexity index is 138. The maximum Gasteiger partial charge on any atom is 0.0499 e. The van der Waals surface area contributed by atoms with Gasteiger partial charge in [0.05, 0.1) is 0 Å². The fourth-order valence-corrected chi connectivity index (χ4v) is 9.24. The van der Waals surface area contributed by atoms with Gasteiger partial charge in [-0.2, -0.15) is 23.5 Å². The topological polar surface area (TPSA) is 0 Å². The molecule has 2 heterocycles. The molecule has 2 saturated heterocycles. The lowest BCUT2D eigenvalue weighted by molar-refractivity contribution is 1.09. The summed E-state index contributed by atoms with van der Waals surface area (Å²) in [4.78, 5) is 0. The van der Waals surface area contributed by atoms with Gasteiger partial charge in [-0.05, 0) is 0 Å². The number of hydrogen-bond donors (Lipinski definition) is 0. The molecule has 0 atom stereocenters. The molecule has 0 aliphatic carbocycles. The zero-order valence-corrected chi connectivity index (χ0v) is 12.7. The molecule has 14 heavy (non-hydrogen) atoms. The largest absolute Gasteiger partial charge is 0.160 e. The average molecular weight is 303 g/mol. The van der Waals surface area contributed by atoms with Crippen molar-refractivity contribution in [1.82, 2.24) is 0 Å². The Morgan fingerprint density at radius 3 is 1.50 bits per heavy atom. The smallest absolute Gasteiger partial charge is 0.0499 e. The van der Waals surface area contributed by atoms with Crippen LogP contribution in [0.1, 0.15) is 0 Å². The molecule has 6 heteroatoms. The van der Waals surface area contributed by atoms with Crippen molar-refractivity contribution in [3.8, 4) is 0 Å². The predicted octanol–water partition coefficient (Wildman–Crippen LogP) is 3.98. The van der Waals surface area contributed by atoms with Crippen LogP contribution < -0.4 is 0 Å². The highest BCUT2D eigenvalue weighted by Crippen LogP contribution is 2.38. The Morgan fingerprint density at radius 1 is 0.786 bits per heavy atom. The predicted molar refractivity (Wildman–Crippen MR) is 82.3 cm³/mol. The standard InChI is InChI=1S/C8H14S6/c1-7(2-9-1)11-5-13-14-6-12-8-3-10-4-8/h7-8H,1-6H2. The van der Waals surface area contributed by atoms with Gasteiger partial charge in [0.1, 0.15) is 0 Å². The first kappa shape index (κ1) is 12.6. The van der Waals surface area contributed by atoms with Crippen LogP contribution >= 0.6 is 68.6 Å². The summed E-state index contributed by atoms with van der Waals surface area (Å²) in [5.41, 5.74) is 0. The van der Waals surface area contributed by atoms with E-state index in [4.69, 9.17) is 0 Å². The average Bonchev–Trinajstić information content (AvgIpc) is 2.03. The van der Waals surface area contributed by atoms with Crippen molar-refractivity contribution in [3.63, 3.8) is 0 Å². The van der Waals surface area contributed by atoms with Gasteiger partial charge in [0, 0.05) is 43.7 Å². The molecule has 0 radical (unpaired) electrons. The van der Waals surface area contributed by atoms with Crippen molar-refractivity contribution in [1.29, 1.82) is 0 Å². The second kappa shape index (κ2) is 7.43. The maximum absolute atomic E-state index is 2.15. The zero-order valence-electron chi connectivity index (χ0n) is 7.85. The van der Waals surface area contributed by atoms with E-state index in [1.807, 2.05) is 0 Å². The highest BCUT2D eigenvalue weighted by Gasteiger charge is 2.19. The van der Waals surface area contributed by atoms with E-state index >= 15 is 0 Å². The lowest BCUT2D eigenvalue weighted by Gasteiger charge is -2.24. The molecular weight excluding hydrogens is 288 g/mol. The number of rotatable bonds is 7. The summed E-state index contributed by atoms with van der Waals surface area (Å²) in [6, 6.07) is 0. The minimum Gasteiger partial charge on any atom is -0.160 e. The van der Waals surface area contributed by atoms with Crippen LogP contribution in [0.4, 0.5) is 0 Å². The summed E-state index contributed by atoms with van der Waals surface area (Å²) < 4.78 is 0. The molecule has 2 aliphatic rings. The summed E-state index contributed by atoms with van der Waals surface area (Å²) in [6.07, 6.45) is 0. The molecule has 0 N–H and O–H groups in total. The summed E-state index contributed by atoms with van der Waals surface area (Å²) >= 11 is 8.47. The normalized spacial score (nSPS) is 23.1. The molecular formula is C8H14S6. The van der Waals surface area contributed by atoms with Crippen LogP contribution in [0.2, 0.25) is 0 Å². The molecule has 0 aromatic rings. The van der Waals surface area contributed by atoms with Crippen LogP contribution in [0.3, 0.4) is 0 Å². The molecule has 2 fully saturated rings. The Hall–Kier alpha value is 2.10. The molecule has 82 valence electrons. The molecule has 2 aliphatic heterocycles. The van der Waals surface area contributed by atoms with Crippen molar-refractivity contribution < 1.29 is 0 Å². The Labute approximate surface area is 111 Å². The van der Waals surface area contributed by atoms with E-state index in [9.17, 15) is 0 Å². The Kier molecular flexibility index (Phi) is 6.66. The summed E-state index contributed by atoms with van der Waals surface area (Å²) in [5.74, 6) is 5.57. The third-order valence-electron chi connectivity index (χ3n) is 2.00. The Morgan fingerprint density at radius 2 is 1.21 bits per heavy atom. The molecule has 0 amide bonds. The van der Waals surface area contributed by atoms with E-state index in [1.54, 1.807) is 0 Å². The molecule has 0 aromatic carbocycles. The quantitative estimate of drug-likeness (QED) is 0.393. The fourth-order valence-electron chi connectivity index (χ4n) is 0.937. The van der Waals surface area contributed by atoms with E-state index in [0.29, 0.717) is 0 Å². The van der Waals surface area contributed by atoms with Crippen molar-refractivity contribution in [2.45, 2.75) is 10.5 Å². The van der Waals surface area contributed by atoms with Gasteiger partial charge >= 0.3 is 0 Å². The van der Waals surface area contributed by atoms with Gasteiger partial charge in [0.2, 0.25) is 0 Å². The van der Waals surface area contributed by atoms with Gasteiger partial charge in [-0.15, -0.1) is 23.5 Å². The summed E-state index contributed by atoms with van der Waals surface area (Å²) in [7, 11) is 4.10. The SMILES string of the molecule is C(SSCSC1CSC1)SC1CSC1. The summed E-state index contributed by atoms with van der Waals surface area (Å²) in [5, 5.41) is 4.53. The third kappa shape index (κ3) is 4.53. The van der Waals surface area contributed by atoms with Gasteiger partial charge in [-0.3, -0.25) is 0 Å². The number of hydrogen-bond acceptors (Lipinski definition) is 6. The molecule has 0 aromatic heterocycles. The fraction of sp³-hybridized carbons (Fsp3) is 1.00. The molecule has 0 spiro atoms. The van der Waals surface area contributed by atoms with Crippen LogP contribution in [-0.4, -0.2) is 43.7 Å². The zero-order chi connectivity index (χ0) is 9.64. The molecule has 2 rings (SSSR count). The summed E-state index contributed by atoms with van der Waals surface area (Å²) in [6.45, 7) is 0. The van der Waals surface area contributed by atoms with Gasteiger partial charge in [0.15, 0.2) is 0 Å². The van der Waals surface area contributed by atoms with E-state index in [-0.39, 0.29) is 0 Å². The van der Waals surface area contributed by atoms with Gasteiger partial charge in [-0.1, -0.05) is 21.6 Å². The second-order valence-electron chi connectivity index (χ2n) is 3.12. The minimum absolute atomic E-state index is 0.976.